The molecule has 234 valence electrons. The van der Waals surface area contributed by atoms with Crippen LogP contribution < -0.4 is 21.7 Å². The Hall–Kier alpha value is -4.64. The first-order valence-electron chi connectivity index (χ1n) is 15.0. The Morgan fingerprint density at radius 1 is 0.750 bits per heavy atom. The second-order valence-electron chi connectivity index (χ2n) is 11.7. The van der Waals surface area contributed by atoms with Gasteiger partial charge in [-0.1, -0.05) is 70.5 Å². The summed E-state index contributed by atoms with van der Waals surface area (Å²) < 4.78 is 0. The minimum Gasteiger partial charge on any atom is -0.480 e. The third-order valence-corrected chi connectivity index (χ3v) is 8.25. The van der Waals surface area contributed by atoms with Crippen LogP contribution in [0.4, 0.5) is 0 Å². The predicted molar refractivity (Wildman–Crippen MR) is 170 cm³/mol. The van der Waals surface area contributed by atoms with Gasteiger partial charge in [0.15, 0.2) is 0 Å². The number of rotatable bonds is 14. The summed E-state index contributed by atoms with van der Waals surface area (Å²) in [5.74, 6) is -3.26. The van der Waals surface area contributed by atoms with Crippen molar-refractivity contribution in [2.45, 2.75) is 71.1 Å². The lowest BCUT2D eigenvalue weighted by atomic mass is 9.97. The molecule has 0 aliphatic carbocycles. The number of benzene rings is 2. The maximum atomic E-state index is 13.8. The van der Waals surface area contributed by atoms with E-state index < -0.39 is 47.9 Å². The van der Waals surface area contributed by atoms with E-state index in [-0.39, 0.29) is 24.7 Å². The molecule has 0 bridgehead atoms. The Labute approximate surface area is 256 Å². The number of carboxylic acids is 1. The molecule has 0 aliphatic heterocycles. The van der Waals surface area contributed by atoms with Crippen molar-refractivity contribution in [2.24, 2.45) is 17.6 Å². The zero-order valence-corrected chi connectivity index (χ0v) is 25.5. The second kappa shape index (κ2) is 14.2. The highest BCUT2D eigenvalue weighted by atomic mass is 16.4. The molecule has 0 fully saturated rings. The van der Waals surface area contributed by atoms with Crippen LogP contribution in [0, 0.1) is 11.8 Å². The fourth-order valence-electron chi connectivity index (χ4n) is 5.28. The molecule has 11 heteroatoms. The Morgan fingerprint density at radius 3 is 1.75 bits per heavy atom. The van der Waals surface area contributed by atoms with Gasteiger partial charge in [-0.25, -0.2) is 4.79 Å². The van der Waals surface area contributed by atoms with Crippen molar-refractivity contribution in [1.82, 2.24) is 25.9 Å². The first kappa shape index (κ1) is 32.3. The van der Waals surface area contributed by atoms with E-state index in [1.807, 2.05) is 62.4 Å². The van der Waals surface area contributed by atoms with Gasteiger partial charge in [-0.05, 0) is 35.1 Å². The number of H-pyrrole nitrogens is 2. The summed E-state index contributed by atoms with van der Waals surface area (Å²) in [6, 6.07) is 10.9. The lowest BCUT2D eigenvalue weighted by Crippen LogP contribution is -2.59. The number of carbonyl (C=O) groups excluding carboxylic acids is 3. The SMILES string of the molecule is CCC(C)C(N)C(=O)NC(C(=O)NC(Cc1c[nH]c2ccccc12)C(=O)NC(Cc1c[nH]c2ccccc12)C(=O)O)C(C)C. The molecule has 0 aliphatic rings. The lowest BCUT2D eigenvalue weighted by molar-refractivity contribution is -0.142. The summed E-state index contributed by atoms with van der Waals surface area (Å²) in [7, 11) is 0. The summed E-state index contributed by atoms with van der Waals surface area (Å²) >= 11 is 0. The highest BCUT2D eigenvalue weighted by molar-refractivity contribution is 5.95. The van der Waals surface area contributed by atoms with Gasteiger partial charge in [-0.2, -0.15) is 0 Å². The van der Waals surface area contributed by atoms with Gasteiger partial charge >= 0.3 is 5.97 Å². The van der Waals surface area contributed by atoms with Gasteiger partial charge in [0.25, 0.3) is 0 Å². The van der Waals surface area contributed by atoms with E-state index in [0.29, 0.717) is 6.42 Å². The third kappa shape index (κ3) is 7.46. The zero-order chi connectivity index (χ0) is 32.0. The van der Waals surface area contributed by atoms with Gasteiger partial charge in [0.1, 0.15) is 18.1 Å². The van der Waals surface area contributed by atoms with Gasteiger partial charge in [-0.3, -0.25) is 14.4 Å². The molecule has 0 saturated carbocycles. The van der Waals surface area contributed by atoms with Crippen LogP contribution in [0.3, 0.4) is 0 Å². The molecule has 4 rings (SSSR count). The van der Waals surface area contributed by atoms with Gasteiger partial charge in [0.2, 0.25) is 17.7 Å². The highest BCUT2D eigenvalue weighted by Gasteiger charge is 2.33. The van der Waals surface area contributed by atoms with Crippen molar-refractivity contribution in [1.29, 1.82) is 0 Å². The zero-order valence-electron chi connectivity index (χ0n) is 25.5. The summed E-state index contributed by atoms with van der Waals surface area (Å²) in [4.78, 5) is 58.9. The molecule has 5 atom stereocenters. The number of hydrogen-bond donors (Lipinski definition) is 7. The van der Waals surface area contributed by atoms with E-state index in [4.69, 9.17) is 5.73 Å². The molecular formula is C33H42N6O5. The van der Waals surface area contributed by atoms with E-state index in [0.717, 1.165) is 32.9 Å². The van der Waals surface area contributed by atoms with Crippen LogP contribution in [0.5, 0.6) is 0 Å². The number of amides is 3. The van der Waals surface area contributed by atoms with E-state index in [9.17, 15) is 24.3 Å². The van der Waals surface area contributed by atoms with Crippen LogP contribution in [0.25, 0.3) is 21.8 Å². The molecule has 2 heterocycles. The van der Waals surface area contributed by atoms with Crippen LogP contribution in [0.15, 0.2) is 60.9 Å². The van der Waals surface area contributed by atoms with Crippen molar-refractivity contribution in [3.63, 3.8) is 0 Å². The molecule has 8 N–H and O–H groups in total. The Morgan fingerprint density at radius 2 is 1.25 bits per heavy atom. The number of nitrogens with two attached hydrogens (primary N) is 1. The molecule has 2 aromatic carbocycles. The molecule has 0 spiro atoms. The fraction of sp³-hybridized carbons (Fsp3) is 0.394. The number of aliphatic carboxylic acids is 1. The Bertz CT molecular complexity index is 1620. The number of para-hydroxylation sites is 2. The first-order valence-corrected chi connectivity index (χ1v) is 15.0. The van der Waals surface area contributed by atoms with Gasteiger partial charge in [0, 0.05) is 47.0 Å². The topological polar surface area (TPSA) is 182 Å². The fourth-order valence-corrected chi connectivity index (χ4v) is 5.28. The van der Waals surface area contributed by atoms with Crippen LogP contribution in [-0.4, -0.2) is 62.9 Å². The normalized spacial score (nSPS) is 15.0. The second-order valence-corrected chi connectivity index (χ2v) is 11.7. The summed E-state index contributed by atoms with van der Waals surface area (Å²) in [5.41, 5.74) is 9.35. The summed E-state index contributed by atoms with van der Waals surface area (Å²) in [6.45, 7) is 7.37. The molecule has 11 nitrogen and oxygen atoms in total. The maximum Gasteiger partial charge on any atom is 0.326 e. The van der Waals surface area contributed by atoms with Gasteiger partial charge < -0.3 is 36.8 Å². The predicted octanol–water partition coefficient (Wildman–Crippen LogP) is 3.00. The largest absolute Gasteiger partial charge is 0.480 e. The number of nitrogens with one attached hydrogen (secondary N) is 5. The van der Waals surface area contributed by atoms with Crippen molar-refractivity contribution < 1.29 is 24.3 Å². The third-order valence-electron chi connectivity index (χ3n) is 8.25. The average molecular weight is 603 g/mol. The van der Waals surface area contributed by atoms with Crippen molar-refractivity contribution in [3.05, 3.63) is 72.1 Å². The highest BCUT2D eigenvalue weighted by Crippen LogP contribution is 2.21. The number of hydrogen-bond acceptors (Lipinski definition) is 5. The monoisotopic (exact) mass is 602 g/mol. The minimum atomic E-state index is -1.25. The number of fused-ring (bicyclic) bond motifs is 2. The molecule has 0 saturated heterocycles. The van der Waals surface area contributed by atoms with Crippen molar-refractivity contribution in [3.8, 4) is 0 Å². The number of aromatic nitrogens is 2. The summed E-state index contributed by atoms with van der Waals surface area (Å²) in [5, 5.41) is 20.0. The molecule has 5 unspecified atom stereocenters. The quantitative estimate of drug-likeness (QED) is 0.116. The Balaban J connectivity index is 1.58. The lowest BCUT2D eigenvalue weighted by Gasteiger charge is -2.28. The van der Waals surface area contributed by atoms with Crippen LogP contribution in [-0.2, 0) is 32.0 Å². The average Bonchev–Trinajstić information content (AvgIpc) is 3.61. The first-order chi connectivity index (χ1) is 21.0. The van der Waals surface area contributed by atoms with Crippen molar-refractivity contribution >= 4 is 45.5 Å². The van der Waals surface area contributed by atoms with Gasteiger partial charge in [-0.15, -0.1) is 0 Å². The standard InChI is InChI=1S/C33H42N6O5/c1-5-19(4)28(34)31(41)39-29(18(2)3)32(42)37-26(14-20-16-35-24-12-8-6-10-22(20)24)30(40)38-27(33(43)44)15-21-17-36-25-13-9-7-11-23(21)25/h6-13,16-19,26-29,35-36H,5,14-15,34H2,1-4H3,(H,37,42)(H,38,40)(H,39,41)(H,43,44). The number of carbonyl (C=O) groups is 4. The molecule has 4 aromatic rings. The number of aromatic amines is 2. The molecular weight excluding hydrogens is 560 g/mol. The van der Waals surface area contributed by atoms with E-state index in [2.05, 4.69) is 25.9 Å². The maximum absolute atomic E-state index is 13.8. The Kier molecular flexibility index (Phi) is 10.4. The number of carboxylic acid groups (broad SMARTS) is 1. The van der Waals surface area contributed by atoms with Crippen LogP contribution >= 0.6 is 0 Å². The van der Waals surface area contributed by atoms with Gasteiger partial charge in [0.05, 0.1) is 6.04 Å². The van der Waals surface area contributed by atoms with Crippen LogP contribution in [0.2, 0.25) is 0 Å². The van der Waals surface area contributed by atoms with E-state index in [1.165, 1.54) is 0 Å². The molecule has 0 radical (unpaired) electrons. The smallest absolute Gasteiger partial charge is 0.326 e. The van der Waals surface area contributed by atoms with Crippen LogP contribution in [0.1, 0.15) is 45.2 Å². The van der Waals surface area contributed by atoms with E-state index in [1.54, 1.807) is 26.2 Å². The molecule has 44 heavy (non-hydrogen) atoms. The summed E-state index contributed by atoms with van der Waals surface area (Å²) in [6.07, 6.45) is 4.33. The minimum absolute atomic E-state index is 0.0387. The molecule has 3 amide bonds. The molecule has 2 aromatic heterocycles. The van der Waals surface area contributed by atoms with Crippen molar-refractivity contribution in [2.75, 3.05) is 0 Å². The van der Waals surface area contributed by atoms with E-state index >= 15 is 0 Å².